The largest absolute Gasteiger partial charge is 0.374 e. The zero-order chi connectivity index (χ0) is 13.3. The molecule has 0 aliphatic carbocycles. The number of hydrogen-bond donors (Lipinski definition) is 2. The van der Waals surface area contributed by atoms with Gasteiger partial charge in [0.25, 0.3) is 10.1 Å². The Balaban J connectivity index is 2.47. The second-order valence-electron chi connectivity index (χ2n) is 3.28. The van der Waals surface area contributed by atoms with Crippen LogP contribution in [0.5, 0.6) is 0 Å². The van der Waals surface area contributed by atoms with Gasteiger partial charge in [-0.3, -0.25) is 4.55 Å². The van der Waals surface area contributed by atoms with Crippen molar-refractivity contribution in [1.29, 1.82) is 0 Å². The van der Waals surface area contributed by atoms with Gasteiger partial charge in [0.15, 0.2) is 0 Å². The summed E-state index contributed by atoms with van der Waals surface area (Å²) in [7, 11) is -4.23. The van der Waals surface area contributed by atoms with E-state index in [2.05, 4.69) is 10.4 Å². The third-order valence-corrected chi connectivity index (χ3v) is 3.40. The van der Waals surface area contributed by atoms with Crippen molar-refractivity contribution in [3.63, 3.8) is 0 Å². The van der Waals surface area contributed by atoms with Gasteiger partial charge in [-0.15, -0.1) is 0 Å². The zero-order valence-electron chi connectivity index (χ0n) is 8.83. The van der Waals surface area contributed by atoms with Gasteiger partial charge in [0, 0.05) is 0 Å². The molecule has 8 nitrogen and oxygen atoms in total. The Kier molecular flexibility index (Phi) is 3.26. The highest BCUT2D eigenvalue weighted by molar-refractivity contribution is 7.85. The third-order valence-electron chi connectivity index (χ3n) is 2.15. The van der Waals surface area contributed by atoms with Crippen LogP contribution in [-0.4, -0.2) is 37.9 Å². The van der Waals surface area contributed by atoms with Crippen LogP contribution in [0.15, 0.2) is 29.2 Å². The molecule has 0 aliphatic heterocycles. The third kappa shape index (κ3) is 2.31. The molecule has 0 saturated heterocycles. The maximum absolute atomic E-state index is 10.9. The summed E-state index contributed by atoms with van der Waals surface area (Å²) in [5.41, 5.74) is 0.465. The van der Waals surface area contributed by atoms with Gasteiger partial charge in [-0.25, -0.2) is 0 Å². The van der Waals surface area contributed by atoms with Crippen molar-refractivity contribution in [3.8, 4) is 5.69 Å². The topological polar surface area (TPSA) is 110 Å². The lowest BCUT2D eigenvalue weighted by Crippen LogP contribution is -2.02. The minimum absolute atomic E-state index is 0.164. The molecule has 0 saturated carbocycles. The highest BCUT2D eigenvalue weighted by Gasteiger charge is 2.10. The molecule has 0 fully saturated rings. The van der Waals surface area contributed by atoms with Gasteiger partial charge in [0.05, 0.1) is 10.6 Å². The summed E-state index contributed by atoms with van der Waals surface area (Å²) in [6.07, 6.45) is 0. The molecule has 2 aromatic rings. The highest BCUT2D eigenvalue weighted by Crippen LogP contribution is 2.12. The van der Waals surface area contributed by atoms with E-state index in [0.29, 0.717) is 5.69 Å². The molecule has 0 bridgehead atoms. The molecule has 0 spiro atoms. The standard InChI is InChI=1S/C8H8N4O4S2/c13-5-11-8(17)12(10-9-11)6-1-3-7(4-2-6)18(14,15)16/h1-4,13H,5H2,(H,14,15,16). The Morgan fingerprint density at radius 1 is 1.22 bits per heavy atom. The van der Waals surface area contributed by atoms with Crippen molar-refractivity contribution in [2.75, 3.05) is 0 Å². The summed E-state index contributed by atoms with van der Waals surface area (Å²) < 4.78 is 33.1. The quantitative estimate of drug-likeness (QED) is 0.604. The van der Waals surface area contributed by atoms with Gasteiger partial charge in [-0.2, -0.15) is 17.8 Å². The van der Waals surface area contributed by atoms with E-state index in [4.69, 9.17) is 21.9 Å². The Morgan fingerprint density at radius 2 is 1.83 bits per heavy atom. The van der Waals surface area contributed by atoms with Crippen LogP contribution in [0, 0.1) is 4.77 Å². The Hall–Kier alpha value is -1.62. The van der Waals surface area contributed by atoms with Crippen molar-refractivity contribution in [3.05, 3.63) is 29.0 Å². The van der Waals surface area contributed by atoms with Crippen LogP contribution in [0.25, 0.3) is 5.69 Å². The average Bonchev–Trinajstić information content (AvgIpc) is 2.69. The minimum atomic E-state index is -4.23. The zero-order valence-corrected chi connectivity index (χ0v) is 10.5. The molecule has 10 heteroatoms. The second-order valence-corrected chi connectivity index (χ2v) is 5.07. The second kappa shape index (κ2) is 4.57. The van der Waals surface area contributed by atoms with Crippen LogP contribution in [0.2, 0.25) is 0 Å². The molecule has 0 unspecified atom stereocenters. The van der Waals surface area contributed by atoms with E-state index in [-0.39, 0.29) is 9.67 Å². The summed E-state index contributed by atoms with van der Waals surface area (Å²) in [5.74, 6) is 0. The number of tetrazole rings is 1. The van der Waals surface area contributed by atoms with E-state index >= 15 is 0 Å². The van der Waals surface area contributed by atoms with Crippen LogP contribution in [0.1, 0.15) is 0 Å². The predicted molar refractivity (Wildman–Crippen MR) is 62.2 cm³/mol. The van der Waals surface area contributed by atoms with E-state index < -0.39 is 16.8 Å². The predicted octanol–water partition coefficient (Wildman–Crippen LogP) is -0.00521. The molecule has 0 atom stereocenters. The van der Waals surface area contributed by atoms with Crippen LogP contribution in [0.3, 0.4) is 0 Å². The van der Waals surface area contributed by atoms with Gasteiger partial charge < -0.3 is 5.11 Å². The first kappa shape index (κ1) is 12.8. The molecule has 2 N–H and O–H groups in total. The van der Waals surface area contributed by atoms with Crippen LogP contribution in [0.4, 0.5) is 0 Å². The molecular weight excluding hydrogens is 280 g/mol. The van der Waals surface area contributed by atoms with E-state index in [9.17, 15) is 8.42 Å². The van der Waals surface area contributed by atoms with Gasteiger partial charge in [-0.1, -0.05) is 0 Å². The summed E-state index contributed by atoms with van der Waals surface area (Å²) in [4.78, 5) is -0.229. The summed E-state index contributed by atoms with van der Waals surface area (Å²) in [6.45, 7) is -0.401. The Bertz CT molecular complexity index is 716. The van der Waals surface area contributed by atoms with Crippen molar-refractivity contribution >= 4 is 22.3 Å². The Morgan fingerprint density at radius 3 is 2.28 bits per heavy atom. The lowest BCUT2D eigenvalue weighted by Gasteiger charge is -2.01. The molecule has 2 rings (SSSR count). The number of rotatable bonds is 3. The number of aliphatic hydroxyl groups is 1. The van der Waals surface area contributed by atoms with E-state index in [1.54, 1.807) is 0 Å². The normalized spacial score (nSPS) is 11.7. The minimum Gasteiger partial charge on any atom is -0.374 e. The first-order valence-corrected chi connectivity index (χ1v) is 6.50. The van der Waals surface area contributed by atoms with E-state index in [0.717, 1.165) is 4.68 Å². The van der Waals surface area contributed by atoms with Crippen LogP contribution in [-0.2, 0) is 16.8 Å². The summed E-state index contributed by atoms with van der Waals surface area (Å²) >= 11 is 4.99. The monoisotopic (exact) mass is 288 g/mol. The SMILES string of the molecule is O=S(=O)(O)c1ccc(-n2nnn(CO)c2=S)cc1. The fourth-order valence-corrected chi connectivity index (χ4v) is 2.00. The van der Waals surface area contributed by atoms with E-state index in [1.807, 2.05) is 0 Å². The molecule has 0 aliphatic rings. The fraction of sp³-hybridized carbons (Fsp3) is 0.125. The molecule has 1 heterocycles. The highest BCUT2D eigenvalue weighted by atomic mass is 32.2. The summed E-state index contributed by atoms with van der Waals surface area (Å²) in [6, 6.07) is 5.25. The van der Waals surface area contributed by atoms with Gasteiger partial charge in [0.1, 0.15) is 6.73 Å². The lowest BCUT2D eigenvalue weighted by molar-refractivity contribution is 0.191. The fourth-order valence-electron chi connectivity index (χ4n) is 1.28. The van der Waals surface area contributed by atoms with Gasteiger partial charge >= 0.3 is 0 Å². The van der Waals surface area contributed by atoms with Gasteiger partial charge in [0.2, 0.25) is 4.77 Å². The number of benzene rings is 1. The first-order valence-electron chi connectivity index (χ1n) is 4.65. The van der Waals surface area contributed by atoms with Crippen molar-refractivity contribution < 1.29 is 18.1 Å². The van der Waals surface area contributed by atoms with Crippen LogP contribution < -0.4 is 0 Å². The van der Waals surface area contributed by atoms with Crippen LogP contribution >= 0.6 is 12.2 Å². The van der Waals surface area contributed by atoms with E-state index in [1.165, 1.54) is 28.9 Å². The molecule has 1 aromatic carbocycles. The molecule has 1 aromatic heterocycles. The molecule has 18 heavy (non-hydrogen) atoms. The van der Waals surface area contributed by atoms with Crippen molar-refractivity contribution in [1.82, 2.24) is 19.8 Å². The maximum atomic E-state index is 10.9. The van der Waals surface area contributed by atoms with Gasteiger partial charge in [-0.05, 0) is 46.9 Å². The molecule has 0 radical (unpaired) electrons. The first-order chi connectivity index (χ1) is 8.43. The lowest BCUT2D eigenvalue weighted by atomic mass is 10.3. The molecule has 0 amide bonds. The number of aromatic nitrogens is 4. The number of aliphatic hydroxyl groups excluding tert-OH is 1. The number of hydrogen-bond acceptors (Lipinski definition) is 6. The number of nitrogens with zero attached hydrogens (tertiary/aromatic N) is 4. The molecule has 96 valence electrons. The smallest absolute Gasteiger partial charge is 0.294 e. The molecular formula is C8H8N4O4S2. The Labute approximate surface area is 107 Å². The van der Waals surface area contributed by atoms with Crippen molar-refractivity contribution in [2.45, 2.75) is 11.6 Å². The van der Waals surface area contributed by atoms with Crippen molar-refractivity contribution in [2.24, 2.45) is 0 Å². The average molecular weight is 288 g/mol. The maximum Gasteiger partial charge on any atom is 0.294 e. The summed E-state index contributed by atoms with van der Waals surface area (Å²) in [5, 5.41) is 16.2.